The van der Waals surface area contributed by atoms with Gasteiger partial charge < -0.3 is 29.9 Å². The Morgan fingerprint density at radius 3 is 2.73 bits per heavy atom. The molecular formula is C29H40N2O6. The number of para-hydroxylation sites is 1. The largest absolute Gasteiger partial charge is 0.486 e. The van der Waals surface area contributed by atoms with E-state index in [0.717, 1.165) is 24.3 Å². The molecule has 8 heteroatoms. The van der Waals surface area contributed by atoms with E-state index in [-0.39, 0.29) is 36.8 Å². The van der Waals surface area contributed by atoms with Crippen LogP contribution in [0.5, 0.6) is 5.75 Å². The van der Waals surface area contributed by atoms with E-state index in [1.165, 1.54) is 6.42 Å². The average molecular weight is 513 g/mol. The molecule has 37 heavy (non-hydrogen) atoms. The van der Waals surface area contributed by atoms with E-state index in [2.05, 4.69) is 19.2 Å². The number of methoxy groups -OCH3 is 1. The quantitative estimate of drug-likeness (QED) is 0.468. The molecule has 8 nitrogen and oxygen atoms in total. The van der Waals surface area contributed by atoms with Crippen molar-refractivity contribution in [2.45, 2.75) is 63.7 Å². The number of aliphatic hydroxyl groups excluding tert-OH is 2. The molecule has 1 heterocycles. The molecule has 5 aliphatic rings. The zero-order valence-corrected chi connectivity index (χ0v) is 22.1. The summed E-state index contributed by atoms with van der Waals surface area (Å²) >= 11 is 0. The number of carbonyl (C=O) groups excluding carboxylic acids is 2. The van der Waals surface area contributed by atoms with Crippen molar-refractivity contribution in [1.82, 2.24) is 10.2 Å². The number of amides is 2. The minimum absolute atomic E-state index is 0.0921. The third-order valence-corrected chi connectivity index (χ3v) is 9.51. The van der Waals surface area contributed by atoms with Gasteiger partial charge in [0.1, 0.15) is 18.0 Å². The van der Waals surface area contributed by atoms with E-state index < -0.39 is 24.2 Å². The molecule has 0 spiro atoms. The first-order valence-corrected chi connectivity index (χ1v) is 13.6. The van der Waals surface area contributed by atoms with E-state index in [1.807, 2.05) is 24.3 Å². The summed E-state index contributed by atoms with van der Waals surface area (Å²) in [6, 6.07) is 6.82. The van der Waals surface area contributed by atoms with E-state index in [1.54, 1.807) is 18.1 Å². The molecule has 1 aliphatic heterocycles. The van der Waals surface area contributed by atoms with Gasteiger partial charge in [-0.25, -0.2) is 0 Å². The third-order valence-electron chi connectivity index (χ3n) is 9.51. The van der Waals surface area contributed by atoms with Gasteiger partial charge in [0.15, 0.2) is 0 Å². The summed E-state index contributed by atoms with van der Waals surface area (Å²) in [5, 5.41) is 23.7. The van der Waals surface area contributed by atoms with Gasteiger partial charge in [0.25, 0.3) is 0 Å². The van der Waals surface area contributed by atoms with Crippen LogP contribution >= 0.6 is 0 Å². The molecule has 0 aromatic heterocycles. The Labute approximate surface area is 219 Å². The third kappa shape index (κ3) is 4.57. The van der Waals surface area contributed by atoms with E-state index in [4.69, 9.17) is 9.47 Å². The van der Waals surface area contributed by atoms with Gasteiger partial charge in [-0.05, 0) is 54.6 Å². The van der Waals surface area contributed by atoms with Crippen molar-refractivity contribution < 1.29 is 29.3 Å². The number of hydrogen-bond acceptors (Lipinski definition) is 6. The van der Waals surface area contributed by atoms with Crippen LogP contribution in [0.2, 0.25) is 0 Å². The summed E-state index contributed by atoms with van der Waals surface area (Å²) in [5.41, 5.74) is 1.58. The van der Waals surface area contributed by atoms with Crippen LogP contribution in [0.15, 0.2) is 35.9 Å². The molecule has 1 aromatic rings. The van der Waals surface area contributed by atoms with Gasteiger partial charge in [-0.2, -0.15) is 0 Å². The number of fused-ring (bicyclic) bond motifs is 5. The summed E-state index contributed by atoms with van der Waals surface area (Å²) in [4.78, 5) is 28.7. The molecule has 3 fully saturated rings. The van der Waals surface area contributed by atoms with Gasteiger partial charge in [-0.1, -0.05) is 32.0 Å². The molecule has 0 radical (unpaired) electrons. The molecule has 7 atom stereocenters. The highest BCUT2D eigenvalue weighted by Gasteiger charge is 2.56. The fourth-order valence-electron chi connectivity index (χ4n) is 7.35. The molecule has 2 amide bonds. The van der Waals surface area contributed by atoms with Gasteiger partial charge in [0.2, 0.25) is 11.8 Å². The molecule has 1 aromatic carbocycles. The Balaban J connectivity index is 1.49. The van der Waals surface area contributed by atoms with Crippen LogP contribution < -0.4 is 10.1 Å². The average Bonchev–Trinajstić information content (AvgIpc) is 3.29. The van der Waals surface area contributed by atoms with E-state index in [9.17, 15) is 19.8 Å². The van der Waals surface area contributed by atoms with Gasteiger partial charge in [-0.15, -0.1) is 0 Å². The highest BCUT2D eigenvalue weighted by molar-refractivity contribution is 5.96. The van der Waals surface area contributed by atoms with Crippen LogP contribution in [0, 0.1) is 23.2 Å². The van der Waals surface area contributed by atoms with Crippen LogP contribution in [0.3, 0.4) is 0 Å². The van der Waals surface area contributed by atoms with Gasteiger partial charge in [0.05, 0.1) is 31.6 Å². The van der Waals surface area contributed by atoms with Crippen LogP contribution in [0.4, 0.5) is 0 Å². The first-order chi connectivity index (χ1) is 17.8. The lowest BCUT2D eigenvalue weighted by Gasteiger charge is -2.61. The minimum Gasteiger partial charge on any atom is -0.486 e. The lowest BCUT2D eigenvalue weighted by atomic mass is 9.45. The summed E-state index contributed by atoms with van der Waals surface area (Å²) in [7, 11) is 1.57. The maximum absolute atomic E-state index is 13.6. The zero-order chi connectivity index (χ0) is 26.3. The summed E-state index contributed by atoms with van der Waals surface area (Å²) in [6.07, 6.45) is 3.72. The summed E-state index contributed by atoms with van der Waals surface area (Å²) < 4.78 is 11.4. The summed E-state index contributed by atoms with van der Waals surface area (Å²) in [6.45, 7) is 5.46. The van der Waals surface area contributed by atoms with Crippen molar-refractivity contribution in [2.24, 2.45) is 23.2 Å². The Bertz CT molecular complexity index is 1050. The maximum Gasteiger partial charge on any atom is 0.247 e. The van der Waals surface area contributed by atoms with E-state index in [0.29, 0.717) is 36.3 Å². The smallest absolute Gasteiger partial charge is 0.247 e. The Morgan fingerprint density at radius 2 is 2.03 bits per heavy atom. The summed E-state index contributed by atoms with van der Waals surface area (Å²) in [5.74, 6) is 1.43. The van der Waals surface area contributed by atoms with Crippen molar-refractivity contribution in [2.75, 3.05) is 33.4 Å². The van der Waals surface area contributed by atoms with Gasteiger partial charge in [-0.3, -0.25) is 9.59 Å². The predicted octanol–water partition coefficient (Wildman–Crippen LogP) is 2.25. The number of hydrogen-bond donors (Lipinski definition) is 3. The zero-order valence-electron chi connectivity index (χ0n) is 22.1. The highest BCUT2D eigenvalue weighted by atomic mass is 16.5. The molecule has 0 saturated heterocycles. The normalized spacial score (nSPS) is 32.8. The molecule has 202 valence electrons. The van der Waals surface area contributed by atoms with Crippen molar-refractivity contribution in [1.29, 1.82) is 0 Å². The number of carbonyl (C=O) groups is 2. The first-order valence-electron chi connectivity index (χ1n) is 13.6. The number of ether oxygens (including phenoxy) is 2. The van der Waals surface area contributed by atoms with Crippen molar-refractivity contribution in [3.63, 3.8) is 0 Å². The second kappa shape index (κ2) is 10.4. The second-order valence-corrected chi connectivity index (χ2v) is 11.7. The van der Waals surface area contributed by atoms with Crippen LogP contribution in [0.25, 0.3) is 0 Å². The van der Waals surface area contributed by atoms with Crippen LogP contribution in [-0.4, -0.2) is 78.6 Å². The lowest BCUT2D eigenvalue weighted by molar-refractivity contribution is -0.147. The molecule has 6 rings (SSSR count). The SMILES string of the molecule is COCCC(=O)N(C[C@@H]1CC[C@H]2C[C@@H]1C2(C)C)[C@@H]1C=C(C(=O)NCCO)[C@@H]2c3ccccc3O[C@@H]2[C@H]1O. The van der Waals surface area contributed by atoms with Crippen molar-refractivity contribution in [3.8, 4) is 5.75 Å². The second-order valence-electron chi connectivity index (χ2n) is 11.7. The van der Waals surface area contributed by atoms with Crippen LogP contribution in [-0.2, 0) is 14.3 Å². The van der Waals surface area contributed by atoms with Crippen LogP contribution in [0.1, 0.15) is 51.0 Å². The molecule has 4 aliphatic carbocycles. The lowest BCUT2D eigenvalue weighted by Crippen LogP contribution is -2.59. The monoisotopic (exact) mass is 512 g/mol. The Kier molecular flexibility index (Phi) is 7.35. The Hall–Kier alpha value is -2.42. The van der Waals surface area contributed by atoms with Crippen molar-refractivity contribution in [3.05, 3.63) is 41.5 Å². The topological polar surface area (TPSA) is 108 Å². The molecular weight excluding hydrogens is 472 g/mol. The maximum atomic E-state index is 13.6. The minimum atomic E-state index is -0.996. The van der Waals surface area contributed by atoms with E-state index >= 15 is 0 Å². The molecule has 0 unspecified atom stereocenters. The molecule has 3 saturated carbocycles. The first kappa shape index (κ1) is 26.2. The number of benzene rings is 1. The standard InChI is InChI=1S/C29H40N2O6/c1-29(2)18-9-8-17(21(29)14-18)16-31(24(33)10-13-36-3)22-15-20(28(35)30-11-12-32)25-19-6-4-5-7-23(19)37-27(25)26(22)34/h4-7,15,17-18,21-22,25-27,32,34H,8-14,16H2,1-3H3,(H,30,35)/t17-,18-,21-,22+,25-,26-,27-/m0/s1. The predicted molar refractivity (Wildman–Crippen MR) is 138 cm³/mol. The van der Waals surface area contributed by atoms with Gasteiger partial charge >= 0.3 is 0 Å². The highest BCUT2D eigenvalue weighted by Crippen LogP contribution is 2.61. The number of nitrogens with zero attached hydrogens (tertiary/aromatic N) is 1. The molecule has 2 bridgehead atoms. The molecule has 3 N–H and O–H groups in total. The number of nitrogens with one attached hydrogen (secondary N) is 1. The number of rotatable bonds is 9. The van der Waals surface area contributed by atoms with Crippen molar-refractivity contribution >= 4 is 11.8 Å². The van der Waals surface area contributed by atoms with Gasteiger partial charge in [0, 0.05) is 31.3 Å². The Morgan fingerprint density at radius 1 is 1.24 bits per heavy atom. The number of aliphatic hydroxyl groups is 2. The fraction of sp³-hybridized carbons (Fsp3) is 0.655. The fourth-order valence-corrected chi connectivity index (χ4v) is 7.35.